The van der Waals surface area contributed by atoms with Crippen LogP contribution in [0.2, 0.25) is 0 Å². The highest BCUT2D eigenvalue weighted by Crippen LogP contribution is 2.31. The van der Waals surface area contributed by atoms with Crippen LogP contribution in [0.1, 0.15) is 11.3 Å². The Hall–Kier alpha value is -4.18. The van der Waals surface area contributed by atoms with E-state index in [9.17, 15) is 14.4 Å². The maximum Gasteiger partial charge on any atom is 0.332 e. The number of thiophene rings is 1. The van der Waals surface area contributed by atoms with Crippen LogP contribution in [0.4, 0.5) is 5.69 Å². The highest BCUT2D eigenvalue weighted by atomic mass is 32.1. The van der Waals surface area contributed by atoms with E-state index < -0.39 is 17.2 Å². The molecule has 0 fully saturated rings. The third-order valence-corrected chi connectivity index (χ3v) is 6.71. The number of aryl methyl sites for hydroxylation is 1. The number of hydrogen-bond acceptors (Lipinski definition) is 6. The highest BCUT2D eigenvalue weighted by Gasteiger charge is 2.20. The molecule has 0 aliphatic heterocycles. The van der Waals surface area contributed by atoms with E-state index in [2.05, 4.69) is 15.5 Å². The van der Waals surface area contributed by atoms with Crippen molar-refractivity contribution in [2.24, 2.45) is 0 Å². The molecular weight excluding hydrogens is 454 g/mol. The van der Waals surface area contributed by atoms with Gasteiger partial charge in [0.1, 0.15) is 17.0 Å². The summed E-state index contributed by atoms with van der Waals surface area (Å²) in [5, 5.41) is 10.3. The standard InChI is InChI=1S/C24H21N5O4S/c1-14-7-8-17(18(11-14)33-2)26-20(30)13-28-21-16-5-3-4-6-19(16)34-22(21)23(31)29(24(28)32)12-15-9-10-25-27-15/h3-11H,12-13H2,1-2H3,(H,25,27)(H,26,30). The fourth-order valence-electron chi connectivity index (χ4n) is 3.96. The third-order valence-electron chi connectivity index (χ3n) is 5.56. The number of rotatable bonds is 6. The van der Waals surface area contributed by atoms with Crippen molar-refractivity contribution in [1.82, 2.24) is 19.3 Å². The van der Waals surface area contributed by atoms with Gasteiger partial charge >= 0.3 is 5.69 Å². The summed E-state index contributed by atoms with van der Waals surface area (Å²) < 4.78 is 9.15. The summed E-state index contributed by atoms with van der Waals surface area (Å²) in [4.78, 5) is 39.9. The van der Waals surface area contributed by atoms with Gasteiger partial charge in [-0.1, -0.05) is 24.3 Å². The Kier molecular flexibility index (Phi) is 5.50. The smallest absolute Gasteiger partial charge is 0.332 e. The maximum absolute atomic E-state index is 13.5. The number of benzene rings is 2. The van der Waals surface area contributed by atoms with E-state index in [0.717, 1.165) is 20.2 Å². The minimum Gasteiger partial charge on any atom is -0.495 e. The van der Waals surface area contributed by atoms with Crippen molar-refractivity contribution in [3.05, 3.63) is 86.8 Å². The minimum absolute atomic E-state index is 0.0231. The number of H-pyrrole nitrogens is 1. The fraction of sp³-hybridized carbons (Fsp3) is 0.167. The molecule has 10 heteroatoms. The van der Waals surface area contributed by atoms with Crippen molar-refractivity contribution in [2.75, 3.05) is 12.4 Å². The topological polar surface area (TPSA) is 111 Å². The van der Waals surface area contributed by atoms with Gasteiger partial charge in [-0.15, -0.1) is 11.3 Å². The molecule has 5 rings (SSSR count). The summed E-state index contributed by atoms with van der Waals surface area (Å²) in [6.45, 7) is 1.68. The van der Waals surface area contributed by atoms with E-state index in [0.29, 0.717) is 27.3 Å². The van der Waals surface area contributed by atoms with Crippen LogP contribution in [0.5, 0.6) is 5.75 Å². The van der Waals surface area contributed by atoms with Crippen molar-refractivity contribution in [3.63, 3.8) is 0 Å². The van der Waals surface area contributed by atoms with Crippen LogP contribution in [-0.2, 0) is 17.9 Å². The maximum atomic E-state index is 13.5. The molecule has 9 nitrogen and oxygen atoms in total. The SMILES string of the molecule is COc1cc(C)ccc1NC(=O)Cn1c(=O)n(Cc2ccn[nH]2)c(=O)c2sc3ccccc3c21. The van der Waals surface area contributed by atoms with Gasteiger partial charge in [0.2, 0.25) is 5.91 Å². The molecule has 1 amide bonds. The lowest BCUT2D eigenvalue weighted by atomic mass is 10.2. The zero-order valence-electron chi connectivity index (χ0n) is 18.5. The Morgan fingerprint density at radius 1 is 1.15 bits per heavy atom. The number of anilines is 1. The Morgan fingerprint density at radius 3 is 2.74 bits per heavy atom. The Balaban J connectivity index is 1.64. The molecule has 0 atom stereocenters. The molecule has 2 aromatic carbocycles. The first kappa shape index (κ1) is 21.7. The number of aromatic nitrogens is 4. The molecule has 3 heterocycles. The van der Waals surface area contributed by atoms with Crippen molar-refractivity contribution in [2.45, 2.75) is 20.0 Å². The number of carbonyl (C=O) groups excluding carboxylic acids is 1. The monoisotopic (exact) mass is 475 g/mol. The third kappa shape index (κ3) is 3.77. The average Bonchev–Trinajstić information content (AvgIpc) is 3.48. The van der Waals surface area contributed by atoms with Gasteiger partial charge in [-0.2, -0.15) is 5.10 Å². The molecule has 0 spiro atoms. The summed E-state index contributed by atoms with van der Waals surface area (Å²) in [5.74, 6) is 0.114. The number of nitrogens with zero attached hydrogens (tertiary/aromatic N) is 3. The molecule has 172 valence electrons. The van der Waals surface area contributed by atoms with Gasteiger partial charge in [-0.25, -0.2) is 4.79 Å². The number of methoxy groups -OCH3 is 1. The lowest BCUT2D eigenvalue weighted by molar-refractivity contribution is -0.116. The predicted octanol–water partition coefficient (Wildman–Crippen LogP) is 3.11. The molecule has 0 saturated carbocycles. The molecule has 0 aliphatic rings. The number of nitrogens with one attached hydrogen (secondary N) is 2. The number of carbonyl (C=O) groups is 1. The first-order valence-corrected chi connectivity index (χ1v) is 11.4. The van der Waals surface area contributed by atoms with Gasteiger partial charge in [0.15, 0.2) is 0 Å². The van der Waals surface area contributed by atoms with Crippen LogP contribution in [0, 0.1) is 6.92 Å². The van der Waals surface area contributed by atoms with Crippen LogP contribution >= 0.6 is 11.3 Å². The first-order valence-electron chi connectivity index (χ1n) is 10.5. The zero-order chi connectivity index (χ0) is 23.8. The summed E-state index contributed by atoms with van der Waals surface area (Å²) in [7, 11) is 1.53. The summed E-state index contributed by atoms with van der Waals surface area (Å²) in [6, 6.07) is 14.6. The predicted molar refractivity (Wildman–Crippen MR) is 132 cm³/mol. The van der Waals surface area contributed by atoms with Crippen molar-refractivity contribution >= 4 is 43.2 Å². The van der Waals surface area contributed by atoms with Crippen LogP contribution in [0.3, 0.4) is 0 Å². The molecular formula is C24H21N5O4S. The van der Waals surface area contributed by atoms with Crippen LogP contribution in [0.25, 0.3) is 20.3 Å². The first-order chi connectivity index (χ1) is 16.5. The second kappa shape index (κ2) is 8.64. The molecule has 0 radical (unpaired) electrons. The molecule has 0 saturated heterocycles. The van der Waals surface area contributed by atoms with E-state index in [1.807, 2.05) is 43.3 Å². The Labute approximate surface area is 197 Å². The number of aromatic amines is 1. The summed E-state index contributed by atoms with van der Waals surface area (Å²) in [6.07, 6.45) is 1.55. The fourth-order valence-corrected chi connectivity index (χ4v) is 5.12. The van der Waals surface area contributed by atoms with E-state index in [-0.39, 0.29) is 13.1 Å². The van der Waals surface area contributed by atoms with Gasteiger partial charge in [-0.05, 0) is 36.8 Å². The number of fused-ring (bicyclic) bond motifs is 3. The normalized spacial score (nSPS) is 11.2. The quantitative estimate of drug-likeness (QED) is 0.392. The summed E-state index contributed by atoms with van der Waals surface area (Å²) >= 11 is 1.31. The molecule has 0 bridgehead atoms. The van der Waals surface area contributed by atoms with Gasteiger partial charge in [0.25, 0.3) is 5.56 Å². The van der Waals surface area contributed by atoms with E-state index >= 15 is 0 Å². The highest BCUT2D eigenvalue weighted by molar-refractivity contribution is 7.25. The van der Waals surface area contributed by atoms with Gasteiger partial charge in [0, 0.05) is 16.3 Å². The molecule has 5 aromatic rings. The van der Waals surface area contributed by atoms with Crippen LogP contribution in [-0.4, -0.2) is 32.3 Å². The van der Waals surface area contributed by atoms with Crippen LogP contribution in [0.15, 0.2) is 64.3 Å². The second-order valence-electron chi connectivity index (χ2n) is 7.87. The number of hydrogen-bond donors (Lipinski definition) is 2. The van der Waals surface area contributed by atoms with Gasteiger partial charge in [0.05, 0.1) is 30.6 Å². The molecule has 0 aliphatic carbocycles. The Morgan fingerprint density at radius 2 is 1.97 bits per heavy atom. The lowest BCUT2D eigenvalue weighted by Gasteiger charge is -2.14. The van der Waals surface area contributed by atoms with E-state index in [1.165, 1.54) is 23.0 Å². The van der Waals surface area contributed by atoms with E-state index in [4.69, 9.17) is 4.74 Å². The summed E-state index contributed by atoms with van der Waals surface area (Å²) in [5.41, 5.74) is 1.60. The van der Waals surface area contributed by atoms with Gasteiger partial charge < -0.3 is 10.1 Å². The minimum atomic E-state index is -0.568. The molecule has 3 aromatic heterocycles. The largest absolute Gasteiger partial charge is 0.495 e. The van der Waals surface area contributed by atoms with E-state index in [1.54, 1.807) is 18.3 Å². The van der Waals surface area contributed by atoms with Crippen molar-refractivity contribution in [3.8, 4) is 5.75 Å². The van der Waals surface area contributed by atoms with Crippen LogP contribution < -0.4 is 21.3 Å². The average molecular weight is 476 g/mol. The van der Waals surface area contributed by atoms with Gasteiger partial charge in [-0.3, -0.25) is 23.8 Å². The lowest BCUT2D eigenvalue weighted by Crippen LogP contribution is -2.41. The molecule has 2 N–H and O–H groups in total. The Bertz CT molecular complexity index is 1650. The molecule has 0 unspecified atom stereocenters. The number of amides is 1. The molecule has 34 heavy (non-hydrogen) atoms. The number of ether oxygens (including phenoxy) is 1. The van der Waals surface area contributed by atoms with Crippen molar-refractivity contribution < 1.29 is 9.53 Å². The zero-order valence-corrected chi connectivity index (χ0v) is 19.3. The second-order valence-corrected chi connectivity index (χ2v) is 8.92. The van der Waals surface area contributed by atoms with Crippen molar-refractivity contribution in [1.29, 1.82) is 0 Å².